The molecule has 10 atom stereocenters. The first kappa shape index (κ1) is 44.4. The summed E-state index contributed by atoms with van der Waals surface area (Å²) in [7, 11) is 3.37. The number of hydrogen-bond donors (Lipinski definition) is 6. The second kappa shape index (κ2) is 17.5. The monoisotopic (exact) mass is 848 g/mol. The molecular formula is C43H60N8O6S2. The first-order chi connectivity index (χ1) is 27.8. The molecule has 8 N–H and O–H groups in total. The number of likely N-dealkylation sites (N-methyl/N-ethyl adjacent to an activating group) is 2. The van der Waals surface area contributed by atoms with Crippen LogP contribution in [0.2, 0.25) is 0 Å². The lowest BCUT2D eigenvalue weighted by atomic mass is 9.84. The second-order valence-electron chi connectivity index (χ2n) is 17.9. The molecule has 4 heterocycles. The minimum Gasteiger partial charge on any atom is -0.368 e. The molecule has 0 saturated carbocycles. The Morgan fingerprint density at radius 2 is 1.00 bits per heavy atom. The fraction of sp³-hybridized carbons (Fsp3) is 0.581. The van der Waals surface area contributed by atoms with Crippen molar-refractivity contribution in [3.8, 4) is 0 Å². The summed E-state index contributed by atoms with van der Waals surface area (Å²) < 4.78 is 0. The summed E-state index contributed by atoms with van der Waals surface area (Å²) in [5.74, 6) is -2.24. The molecule has 320 valence electrons. The van der Waals surface area contributed by atoms with E-state index in [0.717, 1.165) is 22.3 Å². The van der Waals surface area contributed by atoms with E-state index in [0.29, 0.717) is 32.1 Å². The van der Waals surface area contributed by atoms with Gasteiger partial charge in [0.05, 0.1) is 22.8 Å². The summed E-state index contributed by atoms with van der Waals surface area (Å²) in [4.78, 5) is 82.9. The molecule has 59 heavy (non-hydrogen) atoms. The lowest BCUT2D eigenvalue weighted by Gasteiger charge is -2.32. The normalized spacial score (nSPS) is 29.7. The number of carbonyl (C=O) groups is 6. The van der Waals surface area contributed by atoms with Gasteiger partial charge in [-0.15, -0.1) is 23.5 Å². The zero-order valence-corrected chi connectivity index (χ0v) is 36.9. The first-order valence-corrected chi connectivity index (χ1v) is 22.3. The summed E-state index contributed by atoms with van der Waals surface area (Å²) in [6, 6.07) is 12.5. The number of carbonyl (C=O) groups excluding carboxylic acids is 6. The average Bonchev–Trinajstić information content (AvgIpc) is 3.52. The van der Waals surface area contributed by atoms with Crippen LogP contribution in [-0.4, -0.2) is 106 Å². The van der Waals surface area contributed by atoms with Crippen molar-refractivity contribution in [2.45, 2.75) is 131 Å². The summed E-state index contributed by atoms with van der Waals surface area (Å²) in [6.45, 7) is 11.3. The fourth-order valence-corrected chi connectivity index (χ4v) is 12.9. The Kier molecular flexibility index (Phi) is 13.2. The maximum Gasteiger partial charge on any atom is 0.246 e. The van der Waals surface area contributed by atoms with Gasteiger partial charge in [0.2, 0.25) is 35.4 Å². The van der Waals surface area contributed by atoms with Gasteiger partial charge in [0, 0.05) is 10.5 Å². The van der Waals surface area contributed by atoms with Crippen molar-refractivity contribution in [1.82, 2.24) is 31.1 Å². The zero-order chi connectivity index (χ0) is 43.1. The van der Waals surface area contributed by atoms with Gasteiger partial charge in [-0.25, -0.2) is 0 Å². The van der Waals surface area contributed by atoms with Gasteiger partial charge in [0.15, 0.2) is 0 Å². The summed E-state index contributed by atoms with van der Waals surface area (Å²) in [5.41, 5.74) is 15.0. The number of hydrogen-bond acceptors (Lipinski definition) is 10. The number of nitrogens with zero attached hydrogens (tertiary/aromatic N) is 2. The predicted molar refractivity (Wildman–Crippen MR) is 231 cm³/mol. The first-order valence-electron chi connectivity index (χ1n) is 20.4. The van der Waals surface area contributed by atoms with Crippen LogP contribution in [0.1, 0.15) is 100.0 Å². The minimum absolute atomic E-state index is 0.126. The van der Waals surface area contributed by atoms with Gasteiger partial charge in [-0.2, -0.15) is 0 Å². The fourth-order valence-electron chi connectivity index (χ4n) is 9.16. The van der Waals surface area contributed by atoms with Crippen molar-refractivity contribution >= 4 is 59.0 Å². The van der Waals surface area contributed by atoms with Gasteiger partial charge in [-0.3, -0.25) is 28.8 Å². The molecule has 2 aromatic carbocycles. The maximum absolute atomic E-state index is 14.1. The zero-order valence-electron chi connectivity index (χ0n) is 35.2. The molecule has 8 unspecified atom stereocenters. The van der Waals surface area contributed by atoms with Gasteiger partial charge in [-0.05, 0) is 93.1 Å². The lowest BCUT2D eigenvalue weighted by molar-refractivity contribution is -0.142. The van der Waals surface area contributed by atoms with E-state index in [1.54, 1.807) is 61.3 Å². The van der Waals surface area contributed by atoms with E-state index in [2.05, 4.69) is 69.8 Å². The highest BCUT2D eigenvalue weighted by Gasteiger charge is 2.56. The number of fused-ring (bicyclic) bond motifs is 2. The molecule has 4 aliphatic rings. The number of benzene rings is 2. The molecule has 4 saturated heterocycles. The molecule has 16 heteroatoms. The van der Waals surface area contributed by atoms with Crippen LogP contribution in [0.5, 0.6) is 0 Å². The van der Waals surface area contributed by atoms with Gasteiger partial charge >= 0.3 is 0 Å². The number of nitrogens with one attached hydrogen (secondary N) is 4. The molecule has 0 radical (unpaired) electrons. The number of nitrogens with two attached hydrogens (primary N) is 2. The number of thioether (sulfide) groups is 2. The van der Waals surface area contributed by atoms with Crippen LogP contribution in [0, 0.1) is 10.8 Å². The Labute approximate surface area is 355 Å². The molecule has 0 aliphatic carbocycles. The lowest BCUT2D eigenvalue weighted by Crippen LogP contribution is -2.57. The third-order valence-electron chi connectivity index (χ3n) is 12.6. The predicted octanol–water partition coefficient (Wildman–Crippen LogP) is 2.70. The third-order valence-corrected chi connectivity index (χ3v) is 15.6. The van der Waals surface area contributed by atoms with Gasteiger partial charge < -0.3 is 42.5 Å². The van der Waals surface area contributed by atoms with E-state index in [1.165, 1.54) is 0 Å². The summed E-state index contributed by atoms with van der Waals surface area (Å²) >= 11 is 3.29. The molecule has 0 aromatic heterocycles. The van der Waals surface area contributed by atoms with Crippen LogP contribution in [0.15, 0.2) is 48.5 Å². The maximum atomic E-state index is 14.1. The van der Waals surface area contributed by atoms with Gasteiger partial charge in [-0.1, -0.05) is 76.2 Å². The Morgan fingerprint density at radius 3 is 1.31 bits per heavy atom. The highest BCUT2D eigenvalue weighted by Crippen LogP contribution is 2.53. The van der Waals surface area contributed by atoms with Crippen molar-refractivity contribution in [1.29, 1.82) is 0 Å². The average molecular weight is 849 g/mol. The highest BCUT2D eigenvalue weighted by molar-refractivity contribution is 8.00. The summed E-state index contributed by atoms with van der Waals surface area (Å²) in [5, 5.41) is 11.0. The van der Waals surface area contributed by atoms with Crippen LogP contribution >= 0.6 is 23.5 Å². The van der Waals surface area contributed by atoms with E-state index in [4.69, 9.17) is 11.5 Å². The number of amides is 6. The Hall–Kier alpha value is -4.12. The van der Waals surface area contributed by atoms with E-state index in [-0.39, 0.29) is 44.9 Å². The number of primary amides is 2. The van der Waals surface area contributed by atoms with E-state index < -0.39 is 58.9 Å². The van der Waals surface area contributed by atoms with Crippen LogP contribution in [0.3, 0.4) is 0 Å². The minimum atomic E-state index is -0.823. The molecule has 0 spiro atoms. The van der Waals surface area contributed by atoms with Crippen molar-refractivity contribution in [3.05, 3.63) is 70.8 Å². The molecular weight excluding hydrogens is 789 g/mol. The quantitative estimate of drug-likeness (QED) is 0.184. The van der Waals surface area contributed by atoms with E-state index >= 15 is 0 Å². The van der Waals surface area contributed by atoms with Crippen molar-refractivity contribution < 1.29 is 28.8 Å². The van der Waals surface area contributed by atoms with E-state index in [9.17, 15) is 28.8 Å². The molecule has 0 bridgehead atoms. The molecule has 6 rings (SSSR count). The Bertz CT molecular complexity index is 1810. The second-order valence-corrected chi connectivity index (χ2v) is 20.7. The van der Waals surface area contributed by atoms with Crippen LogP contribution in [0.4, 0.5) is 0 Å². The van der Waals surface area contributed by atoms with Crippen LogP contribution in [-0.2, 0) is 35.2 Å². The molecule has 4 aliphatic heterocycles. The van der Waals surface area contributed by atoms with Crippen LogP contribution in [0.25, 0.3) is 0 Å². The highest BCUT2D eigenvalue weighted by atomic mass is 32.2. The Morgan fingerprint density at radius 1 is 0.661 bits per heavy atom. The van der Waals surface area contributed by atoms with E-state index in [1.807, 2.05) is 27.7 Å². The SMILES string of the molecule is CN[C@@H](C)C(=O)NC1CC(c2ccc(Cc3ccc(C4CC(NC(=O)[C@H](C)NC)C(=O)N5C(CC(C)(C)C5C(N)=O)S4)cc3)cc2)SC2CC(C)(C)C(C(N)=O)N2C1=O. The summed E-state index contributed by atoms with van der Waals surface area (Å²) in [6.07, 6.45) is 2.61. The third kappa shape index (κ3) is 9.15. The largest absolute Gasteiger partial charge is 0.368 e. The van der Waals surface area contributed by atoms with Crippen molar-refractivity contribution in [2.75, 3.05) is 14.1 Å². The topological polar surface area (TPSA) is 209 Å². The van der Waals surface area contributed by atoms with Crippen molar-refractivity contribution in [3.63, 3.8) is 0 Å². The standard InChI is InChI=1S/C43H60N8O6S2/c1-22(46-7)38(54)48-28-18-30(58-32-20-42(3,4)34(36(44)52)50(32)40(28)56)26-13-9-24(10-14-26)17-25-11-15-27(16-12-25)31-19-29(49-39(55)23(2)47-8)41(57)51-33(59-31)21-43(5,6)35(51)37(45)53/h9-16,22-23,28-35,46-47H,17-21H2,1-8H3,(H2,44,52)(H2,45,53)(H,48,54)(H,49,55)/t22-,23-,28?,29?,30?,31?,32?,33?,34?,35?/m0/s1. The van der Waals surface area contributed by atoms with Gasteiger partial charge in [0.25, 0.3) is 0 Å². The van der Waals surface area contributed by atoms with Crippen LogP contribution < -0.4 is 32.7 Å². The number of rotatable bonds is 12. The molecule has 6 amide bonds. The smallest absolute Gasteiger partial charge is 0.246 e. The molecule has 14 nitrogen and oxygen atoms in total. The van der Waals surface area contributed by atoms with Crippen molar-refractivity contribution in [2.24, 2.45) is 22.3 Å². The van der Waals surface area contributed by atoms with Gasteiger partial charge in [0.1, 0.15) is 24.2 Å². The Balaban J connectivity index is 1.20. The molecule has 4 fully saturated rings. The molecule has 2 aromatic rings.